The molecule has 0 aliphatic carbocycles. The first-order valence-electron chi connectivity index (χ1n) is 16.5. The number of ether oxygens (including phenoxy) is 3. The summed E-state index contributed by atoms with van der Waals surface area (Å²) in [6.07, 6.45) is 0.196. The van der Waals surface area contributed by atoms with Gasteiger partial charge in [-0.25, -0.2) is 9.48 Å². The predicted molar refractivity (Wildman–Crippen MR) is 178 cm³/mol. The molecule has 14 heteroatoms. The van der Waals surface area contributed by atoms with Crippen molar-refractivity contribution < 1.29 is 43.9 Å². The lowest BCUT2D eigenvalue weighted by molar-refractivity contribution is -0.168. The second-order valence-corrected chi connectivity index (χ2v) is 13.9. The van der Waals surface area contributed by atoms with Crippen LogP contribution in [0.25, 0.3) is 5.69 Å². The number of hydrogen-bond donors (Lipinski definition) is 3. The topological polar surface area (TPSA) is 161 Å². The second-order valence-electron chi connectivity index (χ2n) is 13.1. The maximum Gasteiger partial charge on any atom is 0.345 e. The zero-order chi connectivity index (χ0) is 35.1. The van der Waals surface area contributed by atoms with E-state index >= 15 is 0 Å². The molecule has 49 heavy (non-hydrogen) atoms. The van der Waals surface area contributed by atoms with Gasteiger partial charge in [0.05, 0.1) is 28.5 Å². The number of benzene rings is 2. The van der Waals surface area contributed by atoms with Crippen LogP contribution >= 0.6 is 23.2 Å². The van der Waals surface area contributed by atoms with Crippen LogP contribution in [0.2, 0.25) is 10.0 Å². The average Bonchev–Trinajstić information content (AvgIpc) is 3.41. The molecule has 0 amide bonds. The third-order valence-corrected chi connectivity index (χ3v) is 10.9. The van der Waals surface area contributed by atoms with E-state index < -0.39 is 59.9 Å². The number of fused-ring (bicyclic) bond motifs is 5. The number of hydrogen-bond acceptors (Lipinski definition) is 11. The van der Waals surface area contributed by atoms with Gasteiger partial charge in [0.15, 0.2) is 11.4 Å². The molecule has 6 rings (SSSR count). The van der Waals surface area contributed by atoms with Gasteiger partial charge in [-0.1, -0.05) is 55.2 Å². The van der Waals surface area contributed by atoms with Gasteiger partial charge in [-0.15, -0.1) is 5.10 Å². The number of halogens is 2. The first-order valence-corrected chi connectivity index (χ1v) is 17.3. The fraction of sp³-hybridized carbons (Fsp3) is 0.486. The van der Waals surface area contributed by atoms with Crippen LogP contribution < -0.4 is 14.2 Å². The fourth-order valence-electron chi connectivity index (χ4n) is 7.18. The molecule has 0 spiro atoms. The second kappa shape index (κ2) is 14.0. The molecule has 0 saturated carbocycles. The fourth-order valence-corrected chi connectivity index (χ4v) is 7.48. The summed E-state index contributed by atoms with van der Waals surface area (Å²) in [5.41, 5.74) is -2.56. The van der Waals surface area contributed by atoms with E-state index in [1.165, 1.54) is 10.7 Å². The smallest absolute Gasteiger partial charge is 0.345 e. The summed E-state index contributed by atoms with van der Waals surface area (Å²) in [5, 5.41) is 39.8. The number of carbonyl (C=O) groups is 3. The third kappa shape index (κ3) is 6.95. The Labute approximate surface area is 293 Å². The molecular weight excluding hydrogens is 677 g/mol. The number of aliphatic hydroxyl groups excluding tert-OH is 1. The van der Waals surface area contributed by atoms with E-state index in [1.807, 2.05) is 13.8 Å². The largest absolute Gasteiger partial charge is 0.424 e. The summed E-state index contributed by atoms with van der Waals surface area (Å²) in [7, 11) is 0. The lowest BCUT2D eigenvalue weighted by Gasteiger charge is -2.41. The SMILES string of the molecule is CCC(O)(CC)C1CCN(CCC(c2ccc(Cl)c(Cl)c2)C(O)c2c3c4nn2-c2ccccc2OC(=O)CC(O)(CC(=O)O4)C(=O)O3)CC1. The van der Waals surface area contributed by atoms with Crippen LogP contribution in [0.4, 0.5) is 0 Å². The first-order chi connectivity index (χ1) is 23.4. The number of likely N-dealkylation sites (tertiary alicyclic amines) is 1. The molecule has 262 valence electrons. The number of aromatic nitrogens is 2. The van der Waals surface area contributed by atoms with Crippen LogP contribution in [0.15, 0.2) is 42.5 Å². The van der Waals surface area contributed by atoms with Crippen molar-refractivity contribution in [3.63, 3.8) is 0 Å². The van der Waals surface area contributed by atoms with Crippen LogP contribution in [0.5, 0.6) is 17.4 Å². The summed E-state index contributed by atoms with van der Waals surface area (Å²) in [5.74, 6) is -4.58. The Morgan fingerprint density at radius 3 is 2.33 bits per heavy atom. The minimum Gasteiger partial charge on any atom is -0.424 e. The highest BCUT2D eigenvalue weighted by atomic mass is 35.5. The first kappa shape index (κ1) is 35.3. The summed E-state index contributed by atoms with van der Waals surface area (Å²) in [6.45, 7) is 6.10. The zero-order valence-corrected chi connectivity index (χ0v) is 28.7. The van der Waals surface area contributed by atoms with Gasteiger partial charge < -0.3 is 34.4 Å². The van der Waals surface area contributed by atoms with Gasteiger partial charge in [0.25, 0.3) is 5.88 Å². The number of aliphatic hydroxyl groups is 3. The molecule has 3 atom stereocenters. The number of piperidine rings is 1. The van der Waals surface area contributed by atoms with Crippen LogP contribution in [-0.2, 0) is 14.4 Å². The molecule has 3 aromatic rings. The molecule has 12 nitrogen and oxygen atoms in total. The molecule has 1 saturated heterocycles. The number of para-hydroxylation sites is 2. The van der Waals surface area contributed by atoms with Gasteiger partial charge in [0.1, 0.15) is 17.5 Å². The Morgan fingerprint density at radius 2 is 1.65 bits per heavy atom. The summed E-state index contributed by atoms with van der Waals surface area (Å²) < 4.78 is 17.9. The normalized spacial score (nSPS) is 21.6. The maximum absolute atomic E-state index is 13.5. The van der Waals surface area contributed by atoms with Crippen molar-refractivity contribution in [1.82, 2.24) is 14.7 Å². The molecule has 3 aliphatic rings. The van der Waals surface area contributed by atoms with E-state index in [2.05, 4.69) is 10.00 Å². The van der Waals surface area contributed by atoms with E-state index in [-0.39, 0.29) is 33.8 Å². The van der Waals surface area contributed by atoms with Crippen molar-refractivity contribution in [2.45, 2.75) is 82.0 Å². The Morgan fingerprint density at radius 1 is 0.980 bits per heavy atom. The Hall–Kier alpha value is -3.52. The number of nitrogens with zero attached hydrogens (tertiary/aromatic N) is 3. The Bertz CT molecular complexity index is 1750. The lowest BCUT2D eigenvalue weighted by atomic mass is 9.77. The quantitative estimate of drug-likeness (QED) is 0.204. The van der Waals surface area contributed by atoms with Crippen LogP contribution in [-0.4, -0.2) is 78.7 Å². The minimum absolute atomic E-state index is 0.0261. The number of rotatable bonds is 9. The van der Waals surface area contributed by atoms with Crippen molar-refractivity contribution in [2.24, 2.45) is 5.92 Å². The van der Waals surface area contributed by atoms with Crippen molar-refractivity contribution >= 4 is 41.1 Å². The van der Waals surface area contributed by atoms with Gasteiger partial charge >= 0.3 is 17.9 Å². The maximum atomic E-state index is 13.5. The van der Waals surface area contributed by atoms with E-state index in [1.54, 1.807) is 36.4 Å². The molecule has 3 unspecified atom stereocenters. The lowest BCUT2D eigenvalue weighted by Crippen LogP contribution is -2.47. The van der Waals surface area contributed by atoms with Crippen molar-refractivity contribution in [3.05, 3.63) is 63.8 Å². The molecule has 3 N–H and O–H groups in total. The van der Waals surface area contributed by atoms with Gasteiger partial charge in [0, 0.05) is 5.92 Å². The Balaban J connectivity index is 1.42. The van der Waals surface area contributed by atoms with E-state index in [4.69, 9.17) is 37.4 Å². The Kier molecular flexibility index (Phi) is 10.1. The van der Waals surface area contributed by atoms with Crippen molar-refractivity contribution in [2.75, 3.05) is 19.6 Å². The predicted octanol–water partition coefficient (Wildman–Crippen LogP) is 4.90. The van der Waals surface area contributed by atoms with E-state index in [9.17, 15) is 29.7 Å². The van der Waals surface area contributed by atoms with Crippen molar-refractivity contribution in [3.8, 4) is 23.1 Å². The molecule has 4 heterocycles. The molecule has 3 bridgehead atoms. The van der Waals surface area contributed by atoms with Gasteiger partial charge in [0.2, 0.25) is 5.75 Å². The highest BCUT2D eigenvalue weighted by molar-refractivity contribution is 6.42. The molecule has 1 fully saturated rings. The van der Waals surface area contributed by atoms with Gasteiger partial charge in [-0.05, 0) is 87.5 Å². The molecule has 3 aliphatic heterocycles. The highest BCUT2D eigenvalue weighted by Crippen LogP contribution is 2.47. The third-order valence-electron chi connectivity index (χ3n) is 10.2. The van der Waals surface area contributed by atoms with E-state index in [0.717, 1.165) is 25.9 Å². The molecule has 0 radical (unpaired) electrons. The van der Waals surface area contributed by atoms with Crippen LogP contribution in [0, 0.1) is 5.92 Å². The van der Waals surface area contributed by atoms with Crippen LogP contribution in [0.1, 0.15) is 82.1 Å². The number of carbonyl (C=O) groups excluding carboxylic acids is 3. The van der Waals surface area contributed by atoms with Gasteiger partial charge in [-0.2, -0.15) is 0 Å². The molecular formula is C35H39Cl2N3O9. The van der Waals surface area contributed by atoms with Gasteiger partial charge in [-0.3, -0.25) is 9.59 Å². The number of esters is 3. The average molecular weight is 717 g/mol. The monoisotopic (exact) mass is 715 g/mol. The summed E-state index contributed by atoms with van der Waals surface area (Å²) >= 11 is 12.7. The summed E-state index contributed by atoms with van der Waals surface area (Å²) in [6, 6.07) is 11.4. The zero-order valence-electron chi connectivity index (χ0n) is 27.2. The van der Waals surface area contributed by atoms with E-state index in [0.29, 0.717) is 36.4 Å². The minimum atomic E-state index is -2.60. The standard InChI is InChI=1S/C35H39Cl2N3O9/c1-3-34(45,4-2)21-11-14-39(15-12-21)16-13-22(20-9-10-23(36)24(37)17-20)30(43)29-31-32-38-40(29)25-7-5-6-8-26(25)47-27(41)18-35(46,33(44)49-31)19-28(42)48-32/h5-10,17,21-22,30,43,45-46H,3-4,11-16,18-19H2,1-2H3. The van der Waals surface area contributed by atoms with Crippen molar-refractivity contribution in [1.29, 1.82) is 0 Å². The molecule has 2 aromatic carbocycles. The highest BCUT2D eigenvalue weighted by Gasteiger charge is 2.48. The molecule has 1 aromatic heterocycles. The van der Waals surface area contributed by atoms with Crippen LogP contribution in [0.3, 0.4) is 0 Å². The summed E-state index contributed by atoms with van der Waals surface area (Å²) in [4.78, 5) is 41.6.